The number of aromatic nitrogens is 2. The molecule has 5 heteroatoms. The Hall–Kier alpha value is -1.36. The normalized spacial score (nSPS) is 12.9. The molecule has 0 unspecified atom stereocenters. The summed E-state index contributed by atoms with van der Waals surface area (Å²) in [5, 5.41) is 0. The molecule has 5 nitrogen and oxygen atoms in total. The number of H-pyrrole nitrogens is 1. The van der Waals surface area contributed by atoms with E-state index in [1.165, 1.54) is 0 Å². The van der Waals surface area contributed by atoms with Crippen molar-refractivity contribution >= 4 is 5.91 Å². The summed E-state index contributed by atoms with van der Waals surface area (Å²) in [5.74, 6) is 0.107. The van der Waals surface area contributed by atoms with Crippen LogP contribution in [0.1, 0.15) is 18.3 Å². The number of nitrogens with zero attached hydrogens (tertiary/aromatic N) is 3. The lowest BCUT2D eigenvalue weighted by atomic mass is 10.2. The quantitative estimate of drug-likeness (QED) is 0.816. The Morgan fingerprint density at radius 3 is 2.56 bits per heavy atom. The van der Waals surface area contributed by atoms with Gasteiger partial charge >= 0.3 is 0 Å². The van der Waals surface area contributed by atoms with Crippen LogP contribution >= 0.6 is 0 Å². The highest BCUT2D eigenvalue weighted by Crippen LogP contribution is 2.08. The molecule has 1 atom stereocenters. The van der Waals surface area contributed by atoms with Crippen LogP contribution in [0.15, 0.2) is 6.33 Å². The lowest BCUT2D eigenvalue weighted by Gasteiger charge is -2.25. The Labute approximate surface area is 96.5 Å². The van der Waals surface area contributed by atoms with Crippen LogP contribution in [0.3, 0.4) is 0 Å². The van der Waals surface area contributed by atoms with Crippen molar-refractivity contribution in [1.29, 1.82) is 0 Å². The SMILES string of the molecule is Cc1[nH]cnc1CN(C)[C@H](C)C(=O)N(C)C. The Morgan fingerprint density at radius 1 is 1.50 bits per heavy atom. The lowest BCUT2D eigenvalue weighted by Crippen LogP contribution is -2.42. The number of hydrogen-bond donors (Lipinski definition) is 1. The maximum atomic E-state index is 11.8. The summed E-state index contributed by atoms with van der Waals surface area (Å²) in [6, 6.07) is -0.133. The molecule has 0 aliphatic rings. The van der Waals surface area contributed by atoms with Gasteiger partial charge < -0.3 is 9.88 Å². The number of imidazole rings is 1. The van der Waals surface area contributed by atoms with E-state index in [9.17, 15) is 4.79 Å². The fraction of sp³-hybridized carbons (Fsp3) is 0.636. The summed E-state index contributed by atoms with van der Waals surface area (Å²) in [6.45, 7) is 4.56. The summed E-state index contributed by atoms with van der Waals surface area (Å²) in [5.41, 5.74) is 2.04. The molecule has 0 radical (unpaired) electrons. The summed E-state index contributed by atoms with van der Waals surface area (Å²) in [4.78, 5) is 22.6. The van der Waals surface area contributed by atoms with Crippen molar-refractivity contribution < 1.29 is 4.79 Å². The molecule has 0 spiro atoms. The Balaban J connectivity index is 2.62. The van der Waals surface area contributed by atoms with Gasteiger partial charge in [0.15, 0.2) is 0 Å². The van der Waals surface area contributed by atoms with Crippen molar-refractivity contribution in [2.24, 2.45) is 0 Å². The number of nitrogens with one attached hydrogen (secondary N) is 1. The van der Waals surface area contributed by atoms with Gasteiger partial charge in [-0.2, -0.15) is 0 Å². The smallest absolute Gasteiger partial charge is 0.239 e. The molecule has 0 aliphatic carbocycles. The number of rotatable bonds is 4. The molecule has 1 rings (SSSR count). The summed E-state index contributed by atoms with van der Waals surface area (Å²) >= 11 is 0. The Morgan fingerprint density at radius 2 is 2.12 bits per heavy atom. The van der Waals surface area contributed by atoms with Crippen LogP contribution in [0.4, 0.5) is 0 Å². The van der Waals surface area contributed by atoms with Gasteiger partial charge in [-0.05, 0) is 20.9 Å². The molecular weight excluding hydrogens is 204 g/mol. The third-order valence-electron chi connectivity index (χ3n) is 2.79. The van der Waals surface area contributed by atoms with E-state index in [4.69, 9.17) is 0 Å². The van der Waals surface area contributed by atoms with Crippen LogP contribution in [-0.4, -0.2) is 52.9 Å². The van der Waals surface area contributed by atoms with Crippen molar-refractivity contribution in [2.45, 2.75) is 26.4 Å². The minimum absolute atomic E-state index is 0.107. The molecule has 90 valence electrons. The van der Waals surface area contributed by atoms with Gasteiger partial charge in [0, 0.05) is 26.3 Å². The molecule has 1 aromatic heterocycles. The average molecular weight is 224 g/mol. The third-order valence-corrected chi connectivity index (χ3v) is 2.79. The predicted molar refractivity (Wildman–Crippen MR) is 62.9 cm³/mol. The van der Waals surface area contributed by atoms with Crippen LogP contribution in [0.5, 0.6) is 0 Å². The van der Waals surface area contributed by atoms with Crippen LogP contribution in [-0.2, 0) is 11.3 Å². The van der Waals surface area contributed by atoms with E-state index >= 15 is 0 Å². The van der Waals surface area contributed by atoms with Gasteiger partial charge in [0.05, 0.1) is 18.1 Å². The molecule has 0 aromatic carbocycles. The standard InChI is InChI=1S/C11H20N4O/c1-8-10(13-7-12-8)6-15(5)9(2)11(16)14(3)4/h7,9H,6H2,1-5H3,(H,12,13)/t9-/m1/s1. The molecule has 0 saturated heterocycles. The molecule has 1 aromatic rings. The van der Waals surface area contributed by atoms with Crippen molar-refractivity contribution in [3.05, 3.63) is 17.7 Å². The fourth-order valence-corrected chi connectivity index (χ4v) is 1.48. The van der Waals surface area contributed by atoms with E-state index in [-0.39, 0.29) is 11.9 Å². The summed E-state index contributed by atoms with van der Waals surface area (Å²) < 4.78 is 0. The highest BCUT2D eigenvalue weighted by atomic mass is 16.2. The monoisotopic (exact) mass is 224 g/mol. The largest absolute Gasteiger partial charge is 0.348 e. The minimum atomic E-state index is -0.133. The van der Waals surface area contributed by atoms with E-state index in [2.05, 4.69) is 9.97 Å². The zero-order valence-electron chi connectivity index (χ0n) is 10.6. The van der Waals surface area contributed by atoms with Crippen molar-refractivity contribution in [3.63, 3.8) is 0 Å². The maximum Gasteiger partial charge on any atom is 0.239 e. The zero-order chi connectivity index (χ0) is 12.3. The highest BCUT2D eigenvalue weighted by Gasteiger charge is 2.20. The number of aromatic amines is 1. The second-order valence-corrected chi connectivity index (χ2v) is 4.30. The highest BCUT2D eigenvalue weighted by molar-refractivity contribution is 5.80. The Kier molecular flexibility index (Phi) is 4.06. The first-order chi connectivity index (χ1) is 7.43. The van der Waals surface area contributed by atoms with E-state index in [1.807, 2.05) is 25.8 Å². The van der Waals surface area contributed by atoms with Crippen molar-refractivity contribution in [2.75, 3.05) is 21.1 Å². The molecule has 0 saturated carbocycles. The molecule has 1 N–H and O–H groups in total. The first-order valence-corrected chi connectivity index (χ1v) is 5.33. The first kappa shape index (κ1) is 12.7. The van der Waals surface area contributed by atoms with E-state index in [1.54, 1.807) is 25.3 Å². The summed E-state index contributed by atoms with van der Waals surface area (Å²) in [7, 11) is 5.47. The maximum absolute atomic E-state index is 11.8. The van der Waals surface area contributed by atoms with Gasteiger partial charge in [-0.3, -0.25) is 9.69 Å². The van der Waals surface area contributed by atoms with Crippen molar-refractivity contribution in [3.8, 4) is 0 Å². The first-order valence-electron chi connectivity index (χ1n) is 5.33. The molecule has 16 heavy (non-hydrogen) atoms. The topological polar surface area (TPSA) is 52.2 Å². The lowest BCUT2D eigenvalue weighted by molar-refractivity contribution is -0.133. The number of likely N-dealkylation sites (N-methyl/N-ethyl adjacent to an activating group) is 2. The van der Waals surface area contributed by atoms with Gasteiger partial charge in [0.25, 0.3) is 0 Å². The third kappa shape index (κ3) is 2.82. The number of hydrogen-bond acceptors (Lipinski definition) is 3. The molecule has 1 amide bonds. The van der Waals surface area contributed by atoms with Gasteiger partial charge in [-0.25, -0.2) is 4.98 Å². The van der Waals surface area contributed by atoms with E-state index < -0.39 is 0 Å². The molecule has 0 aliphatic heterocycles. The van der Waals surface area contributed by atoms with Gasteiger partial charge in [0.1, 0.15) is 0 Å². The molecule has 0 bridgehead atoms. The molecule has 0 fully saturated rings. The number of carbonyl (C=O) groups is 1. The van der Waals surface area contributed by atoms with E-state index in [0.29, 0.717) is 6.54 Å². The van der Waals surface area contributed by atoms with Crippen LogP contribution < -0.4 is 0 Å². The van der Waals surface area contributed by atoms with Gasteiger partial charge in [-0.1, -0.05) is 0 Å². The van der Waals surface area contributed by atoms with Crippen molar-refractivity contribution in [1.82, 2.24) is 19.8 Å². The minimum Gasteiger partial charge on any atom is -0.348 e. The Bertz CT molecular complexity index is 359. The number of amides is 1. The molecular formula is C11H20N4O. The van der Waals surface area contributed by atoms with E-state index in [0.717, 1.165) is 11.4 Å². The number of carbonyl (C=O) groups excluding carboxylic acids is 1. The summed E-state index contributed by atoms with van der Waals surface area (Å²) in [6.07, 6.45) is 1.68. The van der Waals surface area contributed by atoms with Crippen LogP contribution in [0, 0.1) is 6.92 Å². The second-order valence-electron chi connectivity index (χ2n) is 4.30. The van der Waals surface area contributed by atoms with Gasteiger partial charge in [-0.15, -0.1) is 0 Å². The average Bonchev–Trinajstić information content (AvgIpc) is 2.62. The predicted octanol–water partition coefficient (Wildman–Crippen LogP) is 0.627. The van der Waals surface area contributed by atoms with Crippen LogP contribution in [0.25, 0.3) is 0 Å². The molecule has 1 heterocycles. The fourth-order valence-electron chi connectivity index (χ4n) is 1.48. The zero-order valence-corrected chi connectivity index (χ0v) is 10.6. The van der Waals surface area contributed by atoms with Crippen LogP contribution in [0.2, 0.25) is 0 Å². The number of aryl methyl sites for hydroxylation is 1. The second kappa shape index (κ2) is 5.12. The van der Waals surface area contributed by atoms with Gasteiger partial charge in [0.2, 0.25) is 5.91 Å².